The second-order valence-electron chi connectivity index (χ2n) is 12.3. The Morgan fingerprint density at radius 1 is 1.10 bits per heavy atom. The lowest BCUT2D eigenvalue weighted by Gasteiger charge is -2.47. The van der Waals surface area contributed by atoms with E-state index in [4.69, 9.17) is 5.11 Å². The van der Waals surface area contributed by atoms with Gasteiger partial charge in [-0.3, -0.25) is 14.3 Å². The number of hydrogen-bond donors (Lipinski definition) is 3. The van der Waals surface area contributed by atoms with Crippen molar-refractivity contribution in [2.45, 2.75) is 63.3 Å². The van der Waals surface area contributed by atoms with Crippen molar-refractivity contribution in [1.29, 1.82) is 0 Å². The highest BCUT2D eigenvalue weighted by atomic mass is 32.2. The maximum Gasteiger partial charge on any atom is 0.274 e. The van der Waals surface area contributed by atoms with Gasteiger partial charge in [-0.2, -0.15) is 0 Å². The van der Waals surface area contributed by atoms with Gasteiger partial charge in [0, 0.05) is 37.7 Å². The van der Waals surface area contributed by atoms with Crippen LogP contribution in [0.15, 0.2) is 41.3 Å². The molecule has 1 aromatic carbocycles. The van der Waals surface area contributed by atoms with Crippen LogP contribution in [0.25, 0.3) is 0 Å². The third-order valence-electron chi connectivity index (χ3n) is 9.67. The molecule has 4 aliphatic carbocycles. The van der Waals surface area contributed by atoms with Crippen molar-refractivity contribution in [3.8, 4) is 0 Å². The Morgan fingerprint density at radius 3 is 2.49 bits per heavy atom. The number of nitrogens with zero attached hydrogens (tertiary/aromatic N) is 2. The first kappa shape index (κ1) is 28.1. The molecule has 9 nitrogen and oxygen atoms in total. The van der Waals surface area contributed by atoms with Gasteiger partial charge in [-0.1, -0.05) is 0 Å². The lowest BCUT2D eigenvalue weighted by Crippen LogP contribution is -2.47. The highest BCUT2D eigenvalue weighted by Gasteiger charge is 2.53. The Hall–Kier alpha value is -2.99. The predicted octanol–water partition coefficient (Wildman–Crippen LogP) is 4.21. The number of alkyl halides is 2. The lowest BCUT2D eigenvalue weighted by molar-refractivity contribution is -0.146. The third-order valence-corrected chi connectivity index (χ3v) is 10.9. The highest BCUT2D eigenvalue weighted by Crippen LogP contribution is 2.55. The average molecular weight is 591 g/mol. The third kappa shape index (κ3) is 5.60. The van der Waals surface area contributed by atoms with Crippen LogP contribution in [0.4, 0.5) is 25.8 Å². The number of pyridine rings is 1. The minimum atomic E-state index is -3.76. The molecule has 41 heavy (non-hydrogen) atoms. The number of aliphatic hydroxyl groups excluding tert-OH is 1. The summed E-state index contributed by atoms with van der Waals surface area (Å²) in [6.07, 6.45) is 7.13. The van der Waals surface area contributed by atoms with Gasteiger partial charge >= 0.3 is 0 Å². The molecule has 3 atom stereocenters. The zero-order valence-electron chi connectivity index (χ0n) is 22.8. The summed E-state index contributed by atoms with van der Waals surface area (Å²) < 4.78 is 57.2. The van der Waals surface area contributed by atoms with E-state index in [1.54, 1.807) is 18.3 Å². The van der Waals surface area contributed by atoms with Crippen molar-refractivity contribution in [2.75, 3.05) is 40.4 Å². The number of halogens is 2. The van der Waals surface area contributed by atoms with Gasteiger partial charge in [-0.05, 0) is 86.6 Å². The number of hydrogen-bond acceptors (Lipinski definition) is 6. The van der Waals surface area contributed by atoms with Gasteiger partial charge in [-0.25, -0.2) is 17.2 Å². The van der Waals surface area contributed by atoms with E-state index in [1.807, 2.05) is 0 Å². The fourth-order valence-electron chi connectivity index (χ4n) is 7.04. The van der Waals surface area contributed by atoms with E-state index in [0.717, 1.165) is 25.9 Å². The van der Waals surface area contributed by atoms with Crippen LogP contribution in [0.3, 0.4) is 0 Å². The monoisotopic (exact) mass is 590 g/mol. The molecule has 1 aromatic heterocycles. The highest BCUT2D eigenvalue weighted by molar-refractivity contribution is 7.92. The molecule has 2 heterocycles. The van der Waals surface area contributed by atoms with Crippen LogP contribution >= 0.6 is 0 Å². The Morgan fingerprint density at radius 2 is 1.85 bits per heavy atom. The number of sulfonamides is 1. The average Bonchev–Trinajstić information content (AvgIpc) is 3.68. The molecule has 3 unspecified atom stereocenters. The molecule has 1 spiro atoms. The minimum Gasteiger partial charge on any atom is -0.395 e. The van der Waals surface area contributed by atoms with Gasteiger partial charge < -0.3 is 19.9 Å². The number of nitrogens with one attached hydrogen (secondary N) is 2. The number of fused-ring (bicyclic) bond motifs is 3. The first-order valence-electron chi connectivity index (χ1n) is 14.4. The number of carbonyl (C=O) groups excluding carboxylic acids is 1. The summed E-state index contributed by atoms with van der Waals surface area (Å²) in [5, 5.41) is 11.8. The molecule has 5 fully saturated rings. The zero-order chi connectivity index (χ0) is 29.0. The maximum atomic E-state index is 14.3. The van der Waals surface area contributed by atoms with Crippen molar-refractivity contribution >= 4 is 33.0 Å². The molecule has 2 aromatic rings. The molecule has 4 saturated carbocycles. The molecule has 5 aliphatic rings. The van der Waals surface area contributed by atoms with E-state index in [1.165, 1.54) is 35.6 Å². The summed E-state index contributed by atoms with van der Waals surface area (Å²) in [7, 11) is -3.76. The van der Waals surface area contributed by atoms with E-state index < -0.39 is 45.7 Å². The SMILES string of the molecule is O=C(Nc1cccn(C2CC3CCC2CC3(F)F)c1=O)c1ccc(NS(=O)(=O)CCO)cc1N1CCC2(CC1)CC2. The summed E-state index contributed by atoms with van der Waals surface area (Å²) in [5.74, 6) is -4.68. The molecule has 0 radical (unpaired) electrons. The van der Waals surface area contributed by atoms with E-state index in [0.29, 0.717) is 29.5 Å². The van der Waals surface area contributed by atoms with E-state index >= 15 is 0 Å². The van der Waals surface area contributed by atoms with Crippen LogP contribution in [-0.4, -0.2) is 55.4 Å². The number of aliphatic hydroxyl groups is 1. The first-order chi connectivity index (χ1) is 19.5. The number of benzene rings is 1. The van der Waals surface area contributed by atoms with Crippen molar-refractivity contribution in [2.24, 2.45) is 17.3 Å². The van der Waals surface area contributed by atoms with E-state index in [-0.39, 0.29) is 36.2 Å². The van der Waals surface area contributed by atoms with Crippen LogP contribution in [0.1, 0.15) is 67.8 Å². The van der Waals surface area contributed by atoms with E-state index in [9.17, 15) is 26.8 Å². The second kappa shape index (κ2) is 10.4. The second-order valence-corrected chi connectivity index (χ2v) is 14.1. The fourth-order valence-corrected chi connectivity index (χ4v) is 7.87. The predicted molar refractivity (Wildman–Crippen MR) is 152 cm³/mol. The lowest BCUT2D eigenvalue weighted by atomic mass is 9.65. The molecule has 7 rings (SSSR count). The molecule has 222 valence electrons. The van der Waals surface area contributed by atoms with Crippen LogP contribution in [0.2, 0.25) is 0 Å². The van der Waals surface area contributed by atoms with Crippen molar-refractivity contribution in [3.05, 3.63) is 52.4 Å². The Kier molecular flexibility index (Phi) is 7.12. The van der Waals surface area contributed by atoms with Gasteiger partial charge in [0.1, 0.15) is 5.69 Å². The molecule has 1 aliphatic heterocycles. The maximum absolute atomic E-state index is 14.3. The number of carbonyl (C=O) groups is 1. The van der Waals surface area contributed by atoms with Gasteiger partial charge in [0.2, 0.25) is 10.0 Å². The Bertz CT molecular complexity index is 1500. The molecular weight excluding hydrogens is 554 g/mol. The number of rotatable bonds is 8. The topological polar surface area (TPSA) is 121 Å². The summed E-state index contributed by atoms with van der Waals surface area (Å²) >= 11 is 0. The quantitative estimate of drug-likeness (QED) is 0.424. The van der Waals surface area contributed by atoms with Gasteiger partial charge in [0.05, 0.1) is 29.3 Å². The fraction of sp³-hybridized carbons (Fsp3) is 0.586. The zero-order valence-corrected chi connectivity index (χ0v) is 23.6. The number of anilines is 3. The van der Waals surface area contributed by atoms with Crippen molar-refractivity contribution in [3.63, 3.8) is 0 Å². The van der Waals surface area contributed by atoms with Crippen LogP contribution < -0.4 is 20.5 Å². The Balaban J connectivity index is 1.26. The molecule has 12 heteroatoms. The van der Waals surface area contributed by atoms with Gasteiger partial charge in [0.25, 0.3) is 17.4 Å². The van der Waals surface area contributed by atoms with Gasteiger partial charge in [0.15, 0.2) is 0 Å². The minimum absolute atomic E-state index is 0.0694. The van der Waals surface area contributed by atoms with Crippen LogP contribution in [-0.2, 0) is 10.0 Å². The number of aromatic nitrogens is 1. The Labute approximate surface area is 238 Å². The van der Waals surface area contributed by atoms with Gasteiger partial charge in [-0.15, -0.1) is 0 Å². The first-order valence-corrected chi connectivity index (χ1v) is 16.1. The molecular formula is C29H36F2N4O5S. The summed E-state index contributed by atoms with van der Waals surface area (Å²) in [6, 6.07) is 7.48. The van der Waals surface area contributed by atoms with Crippen LogP contribution in [0, 0.1) is 17.3 Å². The normalized spacial score (nSPS) is 26.1. The molecule has 1 saturated heterocycles. The van der Waals surface area contributed by atoms with Crippen molar-refractivity contribution < 1.29 is 27.1 Å². The number of piperidine rings is 1. The largest absolute Gasteiger partial charge is 0.395 e. The van der Waals surface area contributed by atoms with Crippen molar-refractivity contribution in [1.82, 2.24) is 4.57 Å². The number of amides is 1. The van der Waals surface area contributed by atoms with E-state index in [2.05, 4.69) is 14.9 Å². The van der Waals surface area contributed by atoms with Crippen LogP contribution in [0.5, 0.6) is 0 Å². The molecule has 3 N–H and O–H groups in total. The standard InChI is InChI=1S/C29H36F2N4O5S/c30-29(31)18-19-3-4-20(29)16-24(19)35-11-1-2-23(27(35)38)32-26(37)22-6-5-21(33-41(39,40)15-14-36)17-25(22)34-12-9-28(7-8-28)10-13-34/h1-2,5-6,11,17,19-20,24,33,36H,3-4,7-10,12-16,18H2,(H,32,37). The summed E-state index contributed by atoms with van der Waals surface area (Å²) in [6.45, 7) is 0.927. The molecule has 1 amide bonds. The summed E-state index contributed by atoms with van der Waals surface area (Å²) in [5.41, 5.74) is 1.17. The summed E-state index contributed by atoms with van der Waals surface area (Å²) in [4.78, 5) is 29.1. The smallest absolute Gasteiger partial charge is 0.274 e. The molecule has 2 bridgehead atoms.